The summed E-state index contributed by atoms with van der Waals surface area (Å²) < 4.78 is 4.98. The maximum Gasteiger partial charge on any atom is 0.309 e. The highest BCUT2D eigenvalue weighted by atomic mass is 16.5. The van der Waals surface area contributed by atoms with E-state index in [1.165, 1.54) is 25.7 Å². The Hall–Kier alpha value is -1.13. The number of carbonyl (C=O) groups is 1. The van der Waals surface area contributed by atoms with Crippen LogP contribution in [0.5, 0.6) is 0 Å². The highest BCUT2D eigenvalue weighted by Crippen LogP contribution is 2.41. The van der Waals surface area contributed by atoms with E-state index in [1.807, 2.05) is 34.6 Å². The predicted octanol–water partition coefficient (Wildman–Crippen LogP) is 7.66. The van der Waals surface area contributed by atoms with Gasteiger partial charge in [-0.25, -0.2) is 0 Å². The van der Waals surface area contributed by atoms with E-state index in [2.05, 4.69) is 32.1 Å². The summed E-state index contributed by atoms with van der Waals surface area (Å²) in [6.07, 6.45) is 15.0. The van der Waals surface area contributed by atoms with Crippen molar-refractivity contribution < 1.29 is 19.7 Å². The predicted molar refractivity (Wildman–Crippen MR) is 138 cm³/mol. The molecule has 2 N–H and O–H groups in total. The van der Waals surface area contributed by atoms with Crippen LogP contribution in [0.25, 0.3) is 0 Å². The van der Waals surface area contributed by atoms with Crippen molar-refractivity contribution in [2.24, 2.45) is 23.2 Å². The van der Waals surface area contributed by atoms with Crippen LogP contribution < -0.4 is 0 Å². The van der Waals surface area contributed by atoms with E-state index in [0.717, 1.165) is 43.8 Å². The molecule has 3 atom stereocenters. The maximum absolute atomic E-state index is 10.3. The number of carboxylic acid groups (broad SMARTS) is 1. The van der Waals surface area contributed by atoms with Gasteiger partial charge >= 0.3 is 5.97 Å². The summed E-state index contributed by atoms with van der Waals surface area (Å²) in [7, 11) is 0. The molecule has 1 aliphatic heterocycles. The second-order valence-corrected chi connectivity index (χ2v) is 8.92. The van der Waals surface area contributed by atoms with Gasteiger partial charge in [-0.2, -0.15) is 0 Å². The molecule has 0 radical (unpaired) electrons. The number of fused-ring (bicyclic) bond motifs is 1. The Kier molecular flexibility index (Phi) is 20.0. The molecular formula is C28H54O4. The van der Waals surface area contributed by atoms with Crippen molar-refractivity contribution in [2.45, 2.75) is 113 Å². The molecule has 4 nitrogen and oxygen atoms in total. The number of aliphatic hydroxyl groups excluding tert-OH is 1. The zero-order valence-corrected chi connectivity index (χ0v) is 22.6. The van der Waals surface area contributed by atoms with Crippen LogP contribution in [0, 0.1) is 23.2 Å². The van der Waals surface area contributed by atoms with E-state index in [1.54, 1.807) is 19.4 Å². The molecule has 1 heterocycles. The Bertz CT molecular complexity index is 516. The van der Waals surface area contributed by atoms with E-state index in [0.29, 0.717) is 6.42 Å². The first-order valence-corrected chi connectivity index (χ1v) is 13.1. The molecule has 4 heteroatoms. The third-order valence-electron chi connectivity index (χ3n) is 6.44. The zero-order chi connectivity index (χ0) is 25.2. The van der Waals surface area contributed by atoms with Gasteiger partial charge in [0, 0.05) is 13.2 Å². The van der Waals surface area contributed by atoms with Crippen LogP contribution in [-0.4, -0.2) is 35.5 Å². The van der Waals surface area contributed by atoms with Crippen LogP contribution in [-0.2, 0) is 9.53 Å². The van der Waals surface area contributed by atoms with Crippen molar-refractivity contribution >= 4 is 5.97 Å². The number of aliphatic hydroxyl groups is 1. The van der Waals surface area contributed by atoms with Gasteiger partial charge in [0.1, 0.15) is 0 Å². The van der Waals surface area contributed by atoms with Crippen molar-refractivity contribution in [3.05, 3.63) is 23.8 Å². The van der Waals surface area contributed by atoms with E-state index in [9.17, 15) is 4.79 Å². The fourth-order valence-electron chi connectivity index (χ4n) is 3.84. The van der Waals surface area contributed by atoms with Crippen LogP contribution in [0.1, 0.15) is 107 Å². The van der Waals surface area contributed by atoms with Crippen molar-refractivity contribution in [1.82, 2.24) is 0 Å². The normalized spacial score (nSPS) is 24.3. The highest BCUT2D eigenvalue weighted by molar-refractivity contribution is 5.73. The third kappa shape index (κ3) is 12.8. The molecule has 0 aromatic carbocycles. The molecule has 3 rings (SSSR count). The Morgan fingerprint density at radius 1 is 1.09 bits per heavy atom. The molecule has 32 heavy (non-hydrogen) atoms. The molecule has 3 aliphatic rings. The lowest BCUT2D eigenvalue weighted by Crippen LogP contribution is -2.26. The zero-order valence-electron chi connectivity index (χ0n) is 22.6. The summed E-state index contributed by atoms with van der Waals surface area (Å²) in [4.78, 5) is 10.3. The Balaban J connectivity index is 0. The lowest BCUT2D eigenvalue weighted by Gasteiger charge is -2.36. The number of rotatable bonds is 3. The van der Waals surface area contributed by atoms with E-state index < -0.39 is 11.4 Å². The van der Waals surface area contributed by atoms with E-state index >= 15 is 0 Å². The van der Waals surface area contributed by atoms with Gasteiger partial charge in [0.05, 0.1) is 11.5 Å². The number of allylic oxidation sites excluding steroid dienone is 4. The number of aliphatic carboxylic acids is 1. The SMILES string of the molecule is CC.CC.CCC(C)(C)C(=O)O.CCC1C(C)C=CC2=CCCCC21.OC1CCOCC1. The van der Waals surface area contributed by atoms with Gasteiger partial charge in [0.2, 0.25) is 0 Å². The summed E-state index contributed by atoms with van der Waals surface area (Å²) in [6, 6.07) is 0. The summed E-state index contributed by atoms with van der Waals surface area (Å²) in [5.74, 6) is 1.88. The van der Waals surface area contributed by atoms with Crippen LogP contribution in [0.3, 0.4) is 0 Å². The van der Waals surface area contributed by atoms with E-state index in [-0.39, 0.29) is 6.10 Å². The molecule has 1 saturated heterocycles. The van der Waals surface area contributed by atoms with Crippen LogP contribution in [0.15, 0.2) is 23.8 Å². The smallest absolute Gasteiger partial charge is 0.309 e. The van der Waals surface area contributed by atoms with Gasteiger partial charge in [-0.3, -0.25) is 4.79 Å². The number of hydrogen-bond acceptors (Lipinski definition) is 3. The average Bonchev–Trinajstić information content (AvgIpc) is 2.83. The molecule has 0 bridgehead atoms. The summed E-state index contributed by atoms with van der Waals surface area (Å²) in [5, 5.41) is 17.3. The number of carboxylic acids is 1. The minimum absolute atomic E-state index is 0.0891. The van der Waals surface area contributed by atoms with Gasteiger partial charge < -0.3 is 14.9 Å². The van der Waals surface area contributed by atoms with Gasteiger partial charge in [0.15, 0.2) is 0 Å². The third-order valence-corrected chi connectivity index (χ3v) is 6.44. The van der Waals surface area contributed by atoms with Crippen LogP contribution in [0.2, 0.25) is 0 Å². The van der Waals surface area contributed by atoms with Crippen molar-refractivity contribution in [3.63, 3.8) is 0 Å². The Morgan fingerprint density at radius 2 is 1.66 bits per heavy atom. The summed E-state index contributed by atoms with van der Waals surface area (Å²) in [5.41, 5.74) is 1.09. The molecule has 0 amide bonds. The molecular weight excluding hydrogens is 400 g/mol. The van der Waals surface area contributed by atoms with Crippen molar-refractivity contribution in [3.8, 4) is 0 Å². The Morgan fingerprint density at radius 3 is 2.03 bits per heavy atom. The van der Waals surface area contributed by atoms with Gasteiger partial charge in [0.25, 0.3) is 0 Å². The first-order valence-electron chi connectivity index (χ1n) is 13.1. The van der Waals surface area contributed by atoms with Gasteiger partial charge in [-0.15, -0.1) is 0 Å². The van der Waals surface area contributed by atoms with Crippen LogP contribution in [0.4, 0.5) is 0 Å². The molecule has 0 spiro atoms. The molecule has 3 unspecified atom stereocenters. The summed E-state index contributed by atoms with van der Waals surface area (Å²) in [6.45, 7) is 19.5. The fourth-order valence-corrected chi connectivity index (χ4v) is 3.84. The first kappa shape index (κ1) is 33.0. The second-order valence-electron chi connectivity index (χ2n) is 8.92. The minimum atomic E-state index is -0.722. The van der Waals surface area contributed by atoms with Gasteiger partial charge in [-0.05, 0) is 75.7 Å². The lowest BCUT2D eigenvalue weighted by molar-refractivity contribution is -0.147. The number of ether oxygens (including phenoxy) is 1. The van der Waals surface area contributed by atoms with Crippen molar-refractivity contribution in [2.75, 3.05) is 13.2 Å². The topological polar surface area (TPSA) is 66.8 Å². The molecule has 1 fully saturated rings. The maximum atomic E-state index is 10.3. The molecule has 0 aromatic heterocycles. The highest BCUT2D eigenvalue weighted by Gasteiger charge is 2.30. The monoisotopic (exact) mass is 454 g/mol. The quantitative estimate of drug-likeness (QED) is 0.459. The standard InChI is InChI=1S/C13H20.C6H12O2.C5H10O2.2C2H6/c1-3-12-10(2)8-9-11-6-4-5-7-13(11)12;1-4-6(2,3)5(7)8;6-5-1-3-7-4-2-5;2*1-2/h6,8-10,12-13H,3-5,7H2,1-2H3;4H2,1-3H3,(H,7,8);5-6H,1-4H2;2*1-2H3. The van der Waals surface area contributed by atoms with E-state index in [4.69, 9.17) is 14.9 Å². The fraction of sp³-hybridized carbons (Fsp3) is 0.821. The number of hydrogen-bond donors (Lipinski definition) is 2. The minimum Gasteiger partial charge on any atom is -0.481 e. The van der Waals surface area contributed by atoms with Crippen molar-refractivity contribution in [1.29, 1.82) is 0 Å². The largest absolute Gasteiger partial charge is 0.481 e. The average molecular weight is 455 g/mol. The second kappa shape index (κ2) is 19.3. The van der Waals surface area contributed by atoms with Crippen LogP contribution >= 0.6 is 0 Å². The molecule has 2 aliphatic carbocycles. The molecule has 0 aromatic rings. The molecule has 0 saturated carbocycles. The lowest BCUT2D eigenvalue weighted by atomic mass is 9.69. The van der Waals surface area contributed by atoms with Gasteiger partial charge in [-0.1, -0.05) is 73.1 Å². The Labute approximate surface area is 199 Å². The summed E-state index contributed by atoms with van der Waals surface area (Å²) >= 11 is 0. The first-order chi connectivity index (χ1) is 15.2. The molecule has 190 valence electrons.